The van der Waals surface area contributed by atoms with Crippen LogP contribution in [0.5, 0.6) is 0 Å². The van der Waals surface area contributed by atoms with Crippen LogP contribution in [0, 0.1) is 0 Å². The van der Waals surface area contributed by atoms with Gasteiger partial charge in [0.05, 0.1) is 9.68 Å². The molecule has 0 saturated heterocycles. The quantitative estimate of drug-likeness (QED) is 0.472. The van der Waals surface area contributed by atoms with Gasteiger partial charge in [0.25, 0.3) is 0 Å². The van der Waals surface area contributed by atoms with Crippen molar-refractivity contribution >= 4 is 19.2 Å². The van der Waals surface area contributed by atoms with Gasteiger partial charge < -0.3 is 9.47 Å². The van der Waals surface area contributed by atoms with E-state index < -0.39 is 0 Å². The molecule has 2 nitrogen and oxygen atoms in total. The minimum atomic E-state index is 0.00664. The van der Waals surface area contributed by atoms with E-state index in [9.17, 15) is 0 Å². The maximum atomic E-state index is 2.77. The molecular formula is C14H36N2Si2. The molecule has 0 aliphatic carbocycles. The molecule has 0 heterocycles. The Morgan fingerprint density at radius 2 is 1.17 bits per heavy atom. The first-order valence-electron chi connectivity index (χ1n) is 7.78. The molecule has 0 N–H and O–H groups in total. The zero-order valence-electron chi connectivity index (χ0n) is 14.0. The number of hydrogen-bond acceptors (Lipinski definition) is 2. The first-order valence-corrected chi connectivity index (χ1v) is 11.4. The second-order valence-electron chi connectivity index (χ2n) is 6.56. The van der Waals surface area contributed by atoms with Crippen molar-refractivity contribution in [2.24, 2.45) is 0 Å². The summed E-state index contributed by atoms with van der Waals surface area (Å²) in [6.07, 6.45) is 1.41. The van der Waals surface area contributed by atoms with Crippen LogP contribution >= 0.6 is 0 Å². The second-order valence-corrected chi connectivity index (χ2v) is 11.7. The summed E-state index contributed by atoms with van der Waals surface area (Å²) in [6, 6.07) is 2.92. The Morgan fingerprint density at radius 1 is 0.722 bits per heavy atom. The molecule has 18 heavy (non-hydrogen) atoms. The smallest absolute Gasteiger partial charge is 0.0926 e. The van der Waals surface area contributed by atoms with Gasteiger partial charge in [0, 0.05) is 21.6 Å². The van der Waals surface area contributed by atoms with E-state index in [1.165, 1.54) is 6.17 Å². The van der Waals surface area contributed by atoms with Gasteiger partial charge in [-0.1, -0.05) is 33.4 Å². The van der Waals surface area contributed by atoms with Crippen molar-refractivity contribution in [1.82, 2.24) is 9.47 Å². The Kier molecular flexibility index (Phi) is 9.47. The summed E-state index contributed by atoms with van der Waals surface area (Å²) < 4.78 is 2.77. The molecule has 0 unspecified atom stereocenters. The van der Waals surface area contributed by atoms with Crippen LogP contribution in [0.3, 0.4) is 0 Å². The first kappa shape index (κ1) is 18.4. The van der Waals surface area contributed by atoms with Crippen LogP contribution in [0.25, 0.3) is 0 Å². The van der Waals surface area contributed by atoms with Gasteiger partial charge in [-0.3, -0.25) is 0 Å². The normalized spacial score (nSPS) is 14.3. The Hall–Kier alpha value is 0.354. The zero-order valence-corrected chi connectivity index (χ0v) is 16.9. The van der Waals surface area contributed by atoms with Crippen molar-refractivity contribution in [3.05, 3.63) is 0 Å². The lowest BCUT2D eigenvalue weighted by Crippen LogP contribution is -2.43. The minimum absolute atomic E-state index is 0.00664. The largest absolute Gasteiger partial charge is 0.325 e. The third-order valence-corrected chi connectivity index (χ3v) is 9.81. The summed E-state index contributed by atoms with van der Waals surface area (Å²) in [6.45, 7) is 18.7. The maximum absolute atomic E-state index is 2.77. The molecule has 0 fully saturated rings. The molecule has 0 atom stereocenters. The highest BCUT2D eigenvalue weighted by molar-refractivity contribution is 6.54. The number of hydrogen-bond donors (Lipinski definition) is 0. The van der Waals surface area contributed by atoms with Crippen molar-refractivity contribution in [3.8, 4) is 0 Å². The fourth-order valence-electron chi connectivity index (χ4n) is 2.81. The molecule has 0 aromatic carbocycles. The van der Waals surface area contributed by atoms with E-state index in [1.807, 2.05) is 0 Å². The Bertz CT molecular complexity index is 168. The van der Waals surface area contributed by atoms with E-state index in [-0.39, 0.29) is 19.2 Å². The highest BCUT2D eigenvalue weighted by Gasteiger charge is 2.15. The zero-order chi connectivity index (χ0) is 14.3. The van der Waals surface area contributed by atoms with Gasteiger partial charge in [-0.15, -0.1) is 0 Å². The van der Waals surface area contributed by atoms with Crippen LogP contribution in [0.2, 0.25) is 5.67 Å². The number of rotatable bonds is 9. The second kappa shape index (κ2) is 9.29. The van der Waals surface area contributed by atoms with E-state index >= 15 is 0 Å². The first-order chi connectivity index (χ1) is 8.27. The predicted molar refractivity (Wildman–Crippen MR) is 91.0 cm³/mol. The van der Waals surface area contributed by atoms with Crippen molar-refractivity contribution in [2.45, 2.75) is 85.2 Å². The SMILES string of the molecule is CC(C)N(C[SiH2]C[SiH2]N(C(C)C)C(C)C)C(C)C. The summed E-state index contributed by atoms with van der Waals surface area (Å²) in [5, 5.41) is 0. The molecule has 0 aliphatic rings. The molecule has 0 saturated carbocycles. The van der Waals surface area contributed by atoms with Crippen molar-refractivity contribution in [3.63, 3.8) is 0 Å². The van der Waals surface area contributed by atoms with Gasteiger partial charge >= 0.3 is 0 Å². The molecule has 0 aromatic heterocycles. The van der Waals surface area contributed by atoms with E-state index in [4.69, 9.17) is 0 Å². The Labute approximate surface area is 120 Å². The van der Waals surface area contributed by atoms with Crippen LogP contribution in [0.1, 0.15) is 55.4 Å². The molecule has 0 spiro atoms. The van der Waals surface area contributed by atoms with Crippen LogP contribution < -0.4 is 0 Å². The molecule has 0 amide bonds. The molecule has 0 rings (SSSR count). The third kappa shape index (κ3) is 7.07. The molecule has 0 bridgehead atoms. The molecule has 0 radical (unpaired) electrons. The minimum Gasteiger partial charge on any atom is -0.325 e. The van der Waals surface area contributed by atoms with Crippen LogP contribution in [0.4, 0.5) is 0 Å². The highest BCUT2D eigenvalue weighted by Crippen LogP contribution is 2.06. The summed E-state index contributed by atoms with van der Waals surface area (Å²) in [5.41, 5.74) is 1.59. The van der Waals surface area contributed by atoms with Gasteiger partial charge in [0.2, 0.25) is 0 Å². The fourth-order valence-corrected chi connectivity index (χ4v) is 8.49. The standard InChI is InChI=1S/C14H36N2Si2/c1-11(2)15(12(3)4)9-17-10-18-16(13(5)6)14(7)8/h11-14H,9-10,17-18H2,1-8H3. The van der Waals surface area contributed by atoms with Gasteiger partial charge in [-0.25, -0.2) is 0 Å². The van der Waals surface area contributed by atoms with Crippen LogP contribution in [-0.2, 0) is 0 Å². The molecular weight excluding hydrogens is 252 g/mol. The van der Waals surface area contributed by atoms with Crippen molar-refractivity contribution < 1.29 is 0 Å². The monoisotopic (exact) mass is 288 g/mol. The lowest BCUT2D eigenvalue weighted by atomic mass is 10.2. The molecule has 0 aliphatic heterocycles. The van der Waals surface area contributed by atoms with Crippen LogP contribution in [0.15, 0.2) is 0 Å². The average molecular weight is 289 g/mol. The van der Waals surface area contributed by atoms with Crippen molar-refractivity contribution in [1.29, 1.82) is 0 Å². The topological polar surface area (TPSA) is 6.48 Å². The summed E-state index contributed by atoms with van der Waals surface area (Å²) in [4.78, 5) is 2.68. The Morgan fingerprint density at radius 3 is 1.50 bits per heavy atom. The summed E-state index contributed by atoms with van der Waals surface area (Å²) in [5.74, 6) is 0. The number of nitrogens with zero attached hydrogens (tertiary/aromatic N) is 2. The summed E-state index contributed by atoms with van der Waals surface area (Å²) in [7, 11) is 0.124. The van der Waals surface area contributed by atoms with E-state index in [0.29, 0.717) is 12.1 Å². The fraction of sp³-hybridized carbons (Fsp3) is 1.00. The highest BCUT2D eigenvalue weighted by atomic mass is 28.3. The molecule has 4 heteroatoms. The summed E-state index contributed by atoms with van der Waals surface area (Å²) >= 11 is 0. The van der Waals surface area contributed by atoms with Gasteiger partial charge in [-0.2, -0.15) is 0 Å². The lowest BCUT2D eigenvalue weighted by Gasteiger charge is -2.32. The lowest BCUT2D eigenvalue weighted by molar-refractivity contribution is 0.207. The third-order valence-electron chi connectivity index (χ3n) is 3.74. The molecule has 0 aromatic rings. The Balaban J connectivity index is 3.96. The van der Waals surface area contributed by atoms with Gasteiger partial charge in [0.1, 0.15) is 0 Å². The van der Waals surface area contributed by atoms with Crippen molar-refractivity contribution in [2.75, 3.05) is 6.17 Å². The van der Waals surface area contributed by atoms with E-state index in [2.05, 4.69) is 64.9 Å². The van der Waals surface area contributed by atoms with E-state index in [1.54, 1.807) is 5.67 Å². The maximum Gasteiger partial charge on any atom is 0.0926 e. The van der Waals surface area contributed by atoms with Crippen LogP contribution in [-0.4, -0.2) is 59.0 Å². The van der Waals surface area contributed by atoms with Gasteiger partial charge in [0.15, 0.2) is 0 Å². The predicted octanol–water partition coefficient (Wildman–Crippen LogP) is 1.81. The molecule has 110 valence electrons. The van der Waals surface area contributed by atoms with E-state index in [0.717, 1.165) is 12.1 Å². The average Bonchev–Trinajstić information content (AvgIpc) is 2.20. The van der Waals surface area contributed by atoms with Gasteiger partial charge in [-0.05, 0) is 45.9 Å².